The lowest BCUT2D eigenvalue weighted by Crippen LogP contribution is -2.40. The predicted molar refractivity (Wildman–Crippen MR) is 132 cm³/mol. The number of allylic oxidation sites excluding steroid dienone is 2. The lowest BCUT2D eigenvalue weighted by atomic mass is 9.56. The second kappa shape index (κ2) is 8.53. The number of hydrogen-bond acceptors (Lipinski definition) is 3. The Bertz CT molecular complexity index is 916. The van der Waals surface area contributed by atoms with Crippen LogP contribution in [0.2, 0.25) is 0 Å². The number of nitrogens with one attached hydrogen (secondary N) is 1. The van der Waals surface area contributed by atoms with Crippen LogP contribution in [0.1, 0.15) is 83.3 Å². The smallest absolute Gasteiger partial charge is 0.306 e. The fraction of sp³-hybridized carbons (Fsp3) is 0.615. The molecule has 0 aliphatic heterocycles. The first-order chi connectivity index (χ1) is 14.6. The van der Waals surface area contributed by atoms with Gasteiger partial charge in [0.1, 0.15) is 5.60 Å². The minimum absolute atomic E-state index is 0.102. The zero-order valence-electron chi connectivity index (χ0n) is 19.1. The molecule has 0 heterocycles. The number of ether oxygens (including phenoxy) is 1. The maximum Gasteiger partial charge on any atom is 0.306 e. The zero-order chi connectivity index (χ0) is 22.4. The molecule has 1 N–H and O–H groups in total. The topological polar surface area (TPSA) is 55.4 Å². The van der Waals surface area contributed by atoms with Crippen LogP contribution in [-0.2, 0) is 20.7 Å². The van der Waals surface area contributed by atoms with Crippen molar-refractivity contribution < 1.29 is 14.3 Å². The van der Waals surface area contributed by atoms with Gasteiger partial charge >= 0.3 is 5.97 Å². The Morgan fingerprint density at radius 2 is 2.00 bits per heavy atom. The molecule has 4 rings (SSSR count). The number of amides is 1. The Labute approximate surface area is 199 Å². The van der Waals surface area contributed by atoms with Gasteiger partial charge < -0.3 is 10.1 Å². The van der Waals surface area contributed by atoms with Crippen LogP contribution in [0.3, 0.4) is 0 Å². The molecule has 0 spiro atoms. The number of aryl methyl sites for hydroxylation is 1. The highest BCUT2D eigenvalue weighted by Gasteiger charge is 2.51. The summed E-state index contributed by atoms with van der Waals surface area (Å²) in [7, 11) is 0. The molecule has 0 aromatic heterocycles. The normalized spacial score (nSPS) is 29.3. The molecule has 0 saturated heterocycles. The van der Waals surface area contributed by atoms with Crippen LogP contribution >= 0.6 is 22.6 Å². The highest BCUT2D eigenvalue weighted by atomic mass is 127. The number of anilines is 1. The molecule has 0 unspecified atom stereocenters. The van der Waals surface area contributed by atoms with Crippen molar-refractivity contribution in [3.63, 3.8) is 0 Å². The number of rotatable bonds is 4. The summed E-state index contributed by atoms with van der Waals surface area (Å²) in [5, 5.41) is 2.98. The standard InChI is InChI=1S/C26H34INO3/c1-25(2,3)31-24(30)12-11-23(29)28-17-6-8-18-16(15-17)5-7-20-19(18)13-14-26(4)21(20)9-10-22(26)27/h6,8,10,15,19-21H,5,7,9,11-14H2,1-4H3,(H,28,29)/t19-,20-,21+,26+/m1/s1. The molecule has 168 valence electrons. The van der Waals surface area contributed by atoms with Gasteiger partial charge in [0.2, 0.25) is 5.91 Å². The van der Waals surface area contributed by atoms with E-state index in [0.29, 0.717) is 11.3 Å². The highest BCUT2D eigenvalue weighted by molar-refractivity contribution is 14.1. The van der Waals surface area contributed by atoms with E-state index in [9.17, 15) is 9.59 Å². The molecule has 31 heavy (non-hydrogen) atoms. The van der Waals surface area contributed by atoms with Gasteiger partial charge in [-0.2, -0.15) is 0 Å². The van der Waals surface area contributed by atoms with Gasteiger partial charge in [0.15, 0.2) is 0 Å². The molecule has 3 aliphatic carbocycles. The van der Waals surface area contributed by atoms with E-state index in [2.05, 4.69) is 53.0 Å². The third kappa shape index (κ3) is 4.71. The Kier molecular flexibility index (Phi) is 6.27. The largest absolute Gasteiger partial charge is 0.460 e. The van der Waals surface area contributed by atoms with Crippen molar-refractivity contribution >= 4 is 40.2 Å². The van der Waals surface area contributed by atoms with Crippen molar-refractivity contribution in [2.75, 3.05) is 5.32 Å². The van der Waals surface area contributed by atoms with Crippen molar-refractivity contribution in [3.05, 3.63) is 39.0 Å². The van der Waals surface area contributed by atoms with Crippen LogP contribution in [0.15, 0.2) is 27.9 Å². The first kappa shape index (κ1) is 22.8. The predicted octanol–water partition coefficient (Wildman–Crippen LogP) is 6.53. The van der Waals surface area contributed by atoms with Gasteiger partial charge in [-0.25, -0.2) is 0 Å². The molecule has 1 aromatic rings. The van der Waals surface area contributed by atoms with Crippen molar-refractivity contribution in [2.24, 2.45) is 17.3 Å². The molecule has 0 radical (unpaired) electrons. The van der Waals surface area contributed by atoms with Crippen LogP contribution in [0.4, 0.5) is 5.69 Å². The van der Waals surface area contributed by atoms with Crippen LogP contribution in [0.5, 0.6) is 0 Å². The van der Waals surface area contributed by atoms with Crippen molar-refractivity contribution in [2.45, 2.75) is 84.2 Å². The second-order valence-corrected chi connectivity index (χ2v) is 11.9. The fourth-order valence-corrected chi connectivity index (χ4v) is 6.93. The number of benzene rings is 1. The third-order valence-electron chi connectivity index (χ3n) is 7.47. The highest BCUT2D eigenvalue weighted by Crippen LogP contribution is 2.62. The van der Waals surface area contributed by atoms with Gasteiger partial charge in [-0.05, 0) is 120 Å². The van der Waals surface area contributed by atoms with E-state index in [0.717, 1.165) is 23.9 Å². The maximum absolute atomic E-state index is 12.3. The van der Waals surface area contributed by atoms with Crippen molar-refractivity contribution in [3.8, 4) is 0 Å². The summed E-state index contributed by atoms with van der Waals surface area (Å²) < 4.78 is 6.86. The molecule has 1 fully saturated rings. The number of carbonyl (C=O) groups excluding carboxylic acids is 2. The number of halogens is 1. The van der Waals surface area contributed by atoms with E-state index in [-0.39, 0.29) is 24.7 Å². The summed E-state index contributed by atoms with van der Waals surface area (Å²) in [6.07, 6.45) is 8.80. The SMILES string of the molecule is CC(C)(C)OC(=O)CCC(=O)Nc1ccc2c(c1)CC[C@@H]1[C@@H]2CC[C@]2(C)C(I)=CC[C@@H]12. The van der Waals surface area contributed by atoms with Gasteiger partial charge in [0, 0.05) is 17.5 Å². The summed E-state index contributed by atoms with van der Waals surface area (Å²) >= 11 is 2.57. The van der Waals surface area contributed by atoms with E-state index in [1.165, 1.54) is 36.8 Å². The van der Waals surface area contributed by atoms with Crippen molar-refractivity contribution in [1.29, 1.82) is 0 Å². The van der Waals surface area contributed by atoms with Gasteiger partial charge in [-0.1, -0.05) is 19.1 Å². The van der Waals surface area contributed by atoms with E-state index in [1.54, 1.807) is 3.58 Å². The van der Waals surface area contributed by atoms with E-state index in [1.807, 2.05) is 26.8 Å². The van der Waals surface area contributed by atoms with Crippen LogP contribution in [0, 0.1) is 17.3 Å². The van der Waals surface area contributed by atoms with E-state index >= 15 is 0 Å². The van der Waals surface area contributed by atoms with Crippen LogP contribution < -0.4 is 5.32 Å². The number of hydrogen-bond donors (Lipinski definition) is 1. The lowest BCUT2D eigenvalue weighted by Gasteiger charge is -2.49. The summed E-state index contributed by atoms with van der Waals surface area (Å²) in [6.45, 7) is 7.98. The molecule has 1 amide bonds. The second-order valence-electron chi connectivity index (χ2n) is 10.7. The first-order valence-corrected chi connectivity index (χ1v) is 12.7. The maximum atomic E-state index is 12.3. The average molecular weight is 535 g/mol. The lowest BCUT2D eigenvalue weighted by molar-refractivity contribution is -0.155. The summed E-state index contributed by atoms with van der Waals surface area (Å²) in [5.41, 5.74) is 3.58. The van der Waals surface area contributed by atoms with Gasteiger partial charge in [-0.3, -0.25) is 9.59 Å². The minimum Gasteiger partial charge on any atom is -0.460 e. The Morgan fingerprint density at radius 3 is 2.74 bits per heavy atom. The Morgan fingerprint density at radius 1 is 1.23 bits per heavy atom. The Balaban J connectivity index is 1.38. The van der Waals surface area contributed by atoms with E-state index < -0.39 is 5.60 Å². The molecule has 1 saturated carbocycles. The molecular weight excluding hydrogens is 501 g/mol. The number of fused-ring (bicyclic) bond motifs is 5. The number of carbonyl (C=O) groups is 2. The van der Waals surface area contributed by atoms with E-state index in [4.69, 9.17) is 4.74 Å². The minimum atomic E-state index is -0.521. The first-order valence-electron chi connectivity index (χ1n) is 11.6. The molecule has 0 bridgehead atoms. The van der Waals surface area contributed by atoms with Gasteiger partial charge in [0.25, 0.3) is 0 Å². The molecule has 1 aromatic carbocycles. The van der Waals surface area contributed by atoms with Gasteiger partial charge in [-0.15, -0.1) is 0 Å². The monoisotopic (exact) mass is 535 g/mol. The average Bonchev–Trinajstić information content (AvgIpc) is 2.99. The number of esters is 1. The van der Waals surface area contributed by atoms with Crippen LogP contribution in [0.25, 0.3) is 0 Å². The summed E-state index contributed by atoms with van der Waals surface area (Å²) in [4.78, 5) is 24.2. The zero-order valence-corrected chi connectivity index (χ0v) is 21.3. The fourth-order valence-electron chi connectivity index (χ4n) is 6.01. The molecule has 3 aliphatic rings. The molecule has 4 nitrogen and oxygen atoms in total. The van der Waals surface area contributed by atoms with Gasteiger partial charge in [0.05, 0.1) is 6.42 Å². The summed E-state index contributed by atoms with van der Waals surface area (Å²) in [5.74, 6) is 1.72. The van der Waals surface area contributed by atoms with Crippen molar-refractivity contribution in [1.82, 2.24) is 0 Å². The molecule has 4 atom stereocenters. The third-order valence-corrected chi connectivity index (χ3v) is 9.15. The van der Waals surface area contributed by atoms with Crippen LogP contribution in [-0.4, -0.2) is 17.5 Å². The molecule has 5 heteroatoms. The quantitative estimate of drug-likeness (QED) is 0.352. The summed E-state index contributed by atoms with van der Waals surface area (Å²) in [6, 6.07) is 6.43. The Hall–Kier alpha value is -1.37. The molecular formula is C26H34INO3.